The van der Waals surface area contributed by atoms with E-state index in [1.54, 1.807) is 19.2 Å². The maximum Gasteiger partial charge on any atom is 0.287 e. The molecule has 0 radical (unpaired) electrons. The van der Waals surface area contributed by atoms with Gasteiger partial charge in [0.15, 0.2) is 0 Å². The molecule has 1 N–H and O–H groups in total. The number of benzene rings is 1. The van der Waals surface area contributed by atoms with E-state index in [1.165, 1.54) is 17.1 Å². The lowest BCUT2D eigenvalue weighted by Gasteiger charge is -2.24. The van der Waals surface area contributed by atoms with E-state index in [1.807, 2.05) is 19.1 Å². The summed E-state index contributed by atoms with van der Waals surface area (Å²) in [6.07, 6.45) is 1.44. The van der Waals surface area contributed by atoms with Crippen LogP contribution in [0.5, 0.6) is 0 Å². The van der Waals surface area contributed by atoms with Crippen LogP contribution in [0.15, 0.2) is 47.7 Å². The number of hydrogen-bond acceptors (Lipinski definition) is 6. The first kappa shape index (κ1) is 18.2. The molecule has 1 aromatic heterocycles. The van der Waals surface area contributed by atoms with Crippen molar-refractivity contribution < 1.29 is 14.5 Å². The molecule has 2 amide bonds. The van der Waals surface area contributed by atoms with Gasteiger partial charge in [-0.25, -0.2) is 9.99 Å². The van der Waals surface area contributed by atoms with Gasteiger partial charge in [-0.2, -0.15) is 5.10 Å². The van der Waals surface area contributed by atoms with Gasteiger partial charge in [0, 0.05) is 31.1 Å². The van der Waals surface area contributed by atoms with Crippen LogP contribution in [0.2, 0.25) is 0 Å². The molecule has 9 nitrogen and oxygen atoms in total. The summed E-state index contributed by atoms with van der Waals surface area (Å²) >= 11 is 0. The topological polar surface area (TPSA) is 118 Å². The van der Waals surface area contributed by atoms with Crippen molar-refractivity contribution in [3.8, 4) is 0 Å². The first-order valence-electron chi connectivity index (χ1n) is 8.22. The summed E-state index contributed by atoms with van der Waals surface area (Å²) < 4.78 is 0. The third kappa shape index (κ3) is 3.97. The molecule has 2 heterocycles. The molecule has 27 heavy (non-hydrogen) atoms. The van der Waals surface area contributed by atoms with Gasteiger partial charge in [0.2, 0.25) is 5.91 Å². The van der Waals surface area contributed by atoms with E-state index < -0.39 is 10.8 Å². The molecular formula is C18H17N5O4. The van der Waals surface area contributed by atoms with Gasteiger partial charge >= 0.3 is 0 Å². The monoisotopic (exact) mass is 367 g/mol. The predicted octanol–water partition coefficient (Wildman–Crippen LogP) is 2.44. The second kappa shape index (κ2) is 7.32. The van der Waals surface area contributed by atoms with Crippen LogP contribution in [0.25, 0.3) is 0 Å². The zero-order valence-corrected chi connectivity index (χ0v) is 14.7. The number of nitrogens with one attached hydrogen (secondary N) is 1. The average Bonchev–Trinajstić information content (AvgIpc) is 2.65. The minimum Gasteiger partial charge on any atom is -0.321 e. The normalized spacial score (nSPS) is 16.7. The van der Waals surface area contributed by atoms with Crippen LogP contribution in [0.4, 0.5) is 11.4 Å². The van der Waals surface area contributed by atoms with Crippen LogP contribution in [0.1, 0.15) is 29.4 Å². The number of rotatable bonds is 4. The van der Waals surface area contributed by atoms with Gasteiger partial charge in [0.25, 0.3) is 11.6 Å². The van der Waals surface area contributed by atoms with E-state index in [4.69, 9.17) is 0 Å². The largest absolute Gasteiger partial charge is 0.321 e. The summed E-state index contributed by atoms with van der Waals surface area (Å²) in [5.41, 5.74) is 2.13. The molecule has 138 valence electrons. The Balaban J connectivity index is 1.72. The Morgan fingerprint density at radius 3 is 2.56 bits per heavy atom. The highest BCUT2D eigenvalue weighted by molar-refractivity contribution is 6.06. The SMILES string of the molecule is CC1CC(=O)N(C)N=C1c1ccc(NC(=O)c2ccc([N+](=O)[O-])cn2)cc1. The molecule has 0 spiro atoms. The van der Waals surface area contributed by atoms with E-state index in [9.17, 15) is 19.7 Å². The lowest BCUT2D eigenvalue weighted by Crippen LogP contribution is -2.33. The number of hydrazone groups is 1. The smallest absolute Gasteiger partial charge is 0.287 e. The molecule has 1 aromatic carbocycles. The maximum atomic E-state index is 12.2. The number of carbonyl (C=O) groups is 2. The standard InChI is InChI=1S/C18H17N5O4/c1-11-9-16(24)22(2)21-17(11)12-3-5-13(6-4-12)20-18(25)15-8-7-14(10-19-15)23(26)27/h3-8,10-11H,9H2,1-2H3,(H,20,25). The summed E-state index contributed by atoms with van der Waals surface area (Å²) in [6.45, 7) is 1.94. The molecule has 0 bridgehead atoms. The zero-order chi connectivity index (χ0) is 19.6. The fraction of sp³-hybridized carbons (Fsp3) is 0.222. The van der Waals surface area contributed by atoms with Gasteiger partial charge in [-0.1, -0.05) is 19.1 Å². The van der Waals surface area contributed by atoms with Crippen molar-refractivity contribution in [3.63, 3.8) is 0 Å². The quantitative estimate of drug-likeness (QED) is 0.658. The fourth-order valence-corrected chi connectivity index (χ4v) is 2.70. The molecule has 1 aliphatic rings. The number of pyridine rings is 1. The number of carbonyl (C=O) groups excluding carboxylic acids is 2. The lowest BCUT2D eigenvalue weighted by molar-refractivity contribution is -0.385. The highest BCUT2D eigenvalue weighted by Crippen LogP contribution is 2.21. The molecule has 1 unspecified atom stereocenters. The van der Waals surface area contributed by atoms with Crippen molar-refractivity contribution in [1.29, 1.82) is 0 Å². The number of nitrogens with zero attached hydrogens (tertiary/aromatic N) is 4. The van der Waals surface area contributed by atoms with Gasteiger partial charge in [-0.3, -0.25) is 19.7 Å². The number of amides is 2. The Kier molecular flexibility index (Phi) is 4.93. The zero-order valence-electron chi connectivity index (χ0n) is 14.7. The number of aromatic nitrogens is 1. The van der Waals surface area contributed by atoms with Crippen LogP contribution in [0, 0.1) is 16.0 Å². The van der Waals surface area contributed by atoms with Crippen LogP contribution in [0.3, 0.4) is 0 Å². The van der Waals surface area contributed by atoms with E-state index in [0.717, 1.165) is 17.5 Å². The lowest BCUT2D eigenvalue weighted by atomic mass is 9.94. The van der Waals surface area contributed by atoms with Gasteiger partial charge in [-0.05, 0) is 23.8 Å². The van der Waals surface area contributed by atoms with E-state index in [0.29, 0.717) is 12.1 Å². The number of hydrogen-bond donors (Lipinski definition) is 1. The highest BCUT2D eigenvalue weighted by atomic mass is 16.6. The molecule has 0 fully saturated rings. The van der Waals surface area contributed by atoms with Crippen molar-refractivity contribution in [1.82, 2.24) is 9.99 Å². The van der Waals surface area contributed by atoms with E-state index >= 15 is 0 Å². The molecule has 3 rings (SSSR count). The van der Waals surface area contributed by atoms with E-state index in [2.05, 4.69) is 15.4 Å². The Morgan fingerprint density at radius 2 is 1.96 bits per heavy atom. The summed E-state index contributed by atoms with van der Waals surface area (Å²) in [7, 11) is 1.63. The molecule has 0 aliphatic carbocycles. The van der Waals surface area contributed by atoms with Crippen molar-refractivity contribution >= 4 is 28.9 Å². The second-order valence-electron chi connectivity index (χ2n) is 6.20. The molecule has 0 saturated carbocycles. The Labute approximate surface area is 154 Å². The Morgan fingerprint density at radius 1 is 1.26 bits per heavy atom. The molecule has 1 atom stereocenters. The molecule has 2 aromatic rings. The summed E-state index contributed by atoms with van der Waals surface area (Å²) in [5, 5.41) is 19.0. The second-order valence-corrected chi connectivity index (χ2v) is 6.20. The third-order valence-corrected chi connectivity index (χ3v) is 4.20. The Bertz CT molecular complexity index is 922. The maximum absolute atomic E-state index is 12.2. The summed E-state index contributed by atoms with van der Waals surface area (Å²) in [5.74, 6) is -0.476. The van der Waals surface area contributed by atoms with Gasteiger partial charge in [-0.15, -0.1) is 0 Å². The van der Waals surface area contributed by atoms with Crippen LogP contribution < -0.4 is 5.32 Å². The van der Waals surface area contributed by atoms with Crippen molar-refractivity contribution in [2.45, 2.75) is 13.3 Å². The van der Waals surface area contributed by atoms with Crippen LogP contribution >= 0.6 is 0 Å². The first-order chi connectivity index (χ1) is 12.8. The summed E-state index contributed by atoms with van der Waals surface area (Å²) in [4.78, 5) is 37.7. The molecular weight excluding hydrogens is 350 g/mol. The minimum atomic E-state index is -0.576. The van der Waals surface area contributed by atoms with Crippen molar-refractivity contribution in [3.05, 3.63) is 64.0 Å². The average molecular weight is 367 g/mol. The minimum absolute atomic E-state index is 0.0125. The number of nitro groups is 1. The van der Waals surface area contributed by atoms with Gasteiger partial charge in [0.05, 0.1) is 10.6 Å². The molecule has 0 saturated heterocycles. The molecule has 1 aliphatic heterocycles. The predicted molar refractivity (Wildman–Crippen MR) is 98.4 cm³/mol. The van der Waals surface area contributed by atoms with Crippen LogP contribution in [-0.2, 0) is 4.79 Å². The third-order valence-electron chi connectivity index (χ3n) is 4.20. The van der Waals surface area contributed by atoms with Crippen LogP contribution in [-0.4, -0.2) is 39.5 Å². The fourth-order valence-electron chi connectivity index (χ4n) is 2.70. The van der Waals surface area contributed by atoms with Gasteiger partial charge < -0.3 is 5.32 Å². The van der Waals surface area contributed by atoms with Crippen molar-refractivity contribution in [2.75, 3.05) is 12.4 Å². The van der Waals surface area contributed by atoms with Crippen molar-refractivity contribution in [2.24, 2.45) is 11.0 Å². The first-order valence-corrected chi connectivity index (χ1v) is 8.22. The van der Waals surface area contributed by atoms with E-state index in [-0.39, 0.29) is 23.2 Å². The highest BCUT2D eigenvalue weighted by Gasteiger charge is 2.25. The Hall–Kier alpha value is -3.62. The van der Waals surface area contributed by atoms with Gasteiger partial charge in [0.1, 0.15) is 11.9 Å². The molecule has 9 heteroatoms. The number of anilines is 1. The summed E-state index contributed by atoms with van der Waals surface area (Å²) in [6, 6.07) is 9.61.